The number of rotatable bonds is 2. The Morgan fingerprint density at radius 1 is 1.39 bits per heavy atom. The number of ether oxygens (including phenoxy) is 2. The number of fused-ring (bicyclic) bond motifs is 1. The largest absolute Gasteiger partial charge is 0.472 e. The zero-order valence-corrected chi connectivity index (χ0v) is 12.2. The first-order valence-electron chi connectivity index (χ1n) is 6.16. The lowest BCUT2D eigenvalue weighted by molar-refractivity contribution is -0.141. The van der Waals surface area contributed by atoms with Gasteiger partial charge in [0.15, 0.2) is 0 Å². The van der Waals surface area contributed by atoms with Crippen molar-refractivity contribution < 1.29 is 19.4 Å². The predicted octanol–water partition coefficient (Wildman–Crippen LogP) is 1.90. The number of allylic oxidation sites excluding steroid dienone is 1. The van der Waals surface area contributed by atoms with Gasteiger partial charge in [0.25, 0.3) is 0 Å². The lowest BCUT2D eigenvalue weighted by atomic mass is 9.86. The maximum atomic E-state index is 11.8. The lowest BCUT2D eigenvalue weighted by Crippen LogP contribution is -2.40. The summed E-state index contributed by atoms with van der Waals surface area (Å²) in [5, 5.41) is 9.88. The van der Waals surface area contributed by atoms with Crippen LogP contribution in [0.1, 0.15) is 0 Å². The van der Waals surface area contributed by atoms with E-state index in [1.54, 1.807) is 0 Å². The zero-order valence-electron chi connectivity index (χ0n) is 11.2. The summed E-state index contributed by atoms with van der Waals surface area (Å²) in [5.41, 5.74) is 0.872. The zero-order chi connectivity index (χ0) is 13.5. The van der Waals surface area contributed by atoms with Crippen LogP contribution in [0, 0.1) is 11.8 Å². The molecule has 4 nitrogen and oxygen atoms in total. The van der Waals surface area contributed by atoms with Crippen LogP contribution in [0.25, 0.3) is 0 Å². The Hall–Kier alpha value is -1.07. The smallest absolute Gasteiger partial charge is 0.337 e. The van der Waals surface area contributed by atoms with Crippen LogP contribution in [-0.2, 0) is 14.3 Å². The molecule has 4 atom stereocenters. The summed E-state index contributed by atoms with van der Waals surface area (Å²) in [6, 6.07) is 0. The monoisotopic (exact) mass is 268 g/mol. The van der Waals surface area contributed by atoms with E-state index in [1.165, 1.54) is 13.4 Å². The average Bonchev–Trinajstić information content (AvgIpc) is 2.73. The second-order valence-corrected chi connectivity index (χ2v) is 11.4. The first-order valence-corrected chi connectivity index (χ1v) is 9.74. The predicted molar refractivity (Wildman–Crippen MR) is 70.4 cm³/mol. The van der Waals surface area contributed by atoms with E-state index in [4.69, 9.17) is 9.47 Å². The lowest BCUT2D eigenvalue weighted by Gasteiger charge is -2.37. The second-order valence-electron chi connectivity index (χ2n) is 5.97. The molecule has 1 aliphatic heterocycles. The van der Waals surface area contributed by atoms with Crippen molar-refractivity contribution >= 4 is 14.0 Å². The Balaban J connectivity index is 2.37. The molecule has 0 fully saturated rings. The first kappa shape index (κ1) is 13.4. The van der Waals surface area contributed by atoms with Gasteiger partial charge in [0.05, 0.1) is 27.0 Å². The highest BCUT2D eigenvalue weighted by atomic mass is 28.3. The Labute approximate surface area is 108 Å². The minimum atomic E-state index is -1.46. The molecule has 5 heteroatoms. The third-order valence-corrected chi connectivity index (χ3v) is 6.34. The maximum Gasteiger partial charge on any atom is 0.337 e. The third kappa shape index (κ3) is 2.12. The molecule has 0 saturated heterocycles. The Morgan fingerprint density at radius 3 is 2.61 bits per heavy atom. The molecule has 1 aliphatic carbocycles. The number of carbonyl (C=O) groups is 1. The molecule has 0 spiro atoms. The van der Waals surface area contributed by atoms with E-state index < -0.39 is 14.4 Å². The van der Waals surface area contributed by atoms with Gasteiger partial charge in [-0.1, -0.05) is 31.8 Å². The van der Waals surface area contributed by atoms with E-state index in [2.05, 4.69) is 25.7 Å². The number of hydrogen-bond acceptors (Lipinski definition) is 4. The standard InChI is InChI=1S/C13H20O4Si/c1-16-12(14)9-7-17-13(15)8-5-6-10(11(8)9)18(2,3)4/h5-8,10-11,13,15H,1-4H3/t8-,10-,11+,13?/m1/s1. The molecule has 1 unspecified atom stereocenters. The molecular formula is C13H20O4Si. The Kier molecular flexibility index (Phi) is 3.38. The van der Waals surface area contributed by atoms with E-state index in [9.17, 15) is 9.90 Å². The first-order chi connectivity index (χ1) is 8.36. The topological polar surface area (TPSA) is 55.8 Å². The van der Waals surface area contributed by atoms with E-state index in [1.807, 2.05) is 6.08 Å². The molecule has 0 bridgehead atoms. The number of methoxy groups -OCH3 is 1. The van der Waals surface area contributed by atoms with Gasteiger partial charge in [0.2, 0.25) is 6.29 Å². The summed E-state index contributed by atoms with van der Waals surface area (Å²) in [5.74, 6) is -0.502. The normalized spacial score (nSPS) is 34.6. The van der Waals surface area contributed by atoms with E-state index in [0.717, 1.165) is 0 Å². The minimum Gasteiger partial charge on any atom is -0.472 e. The van der Waals surface area contributed by atoms with Crippen molar-refractivity contribution in [2.75, 3.05) is 7.11 Å². The van der Waals surface area contributed by atoms with Crippen molar-refractivity contribution in [3.8, 4) is 0 Å². The van der Waals surface area contributed by atoms with E-state index >= 15 is 0 Å². The summed E-state index contributed by atoms with van der Waals surface area (Å²) in [7, 11) is -0.0943. The van der Waals surface area contributed by atoms with Gasteiger partial charge in [-0.15, -0.1) is 0 Å². The van der Waals surface area contributed by atoms with Gasteiger partial charge >= 0.3 is 5.97 Å². The van der Waals surface area contributed by atoms with E-state index in [-0.39, 0.29) is 17.8 Å². The SMILES string of the molecule is COC(=O)C1=COC(O)[C@@H]2C=C[C@@H]([Si](C)(C)C)[C@H]12. The molecule has 2 aliphatic rings. The summed E-state index contributed by atoms with van der Waals surface area (Å²) >= 11 is 0. The van der Waals surface area contributed by atoms with Crippen molar-refractivity contribution in [1.29, 1.82) is 0 Å². The van der Waals surface area contributed by atoms with Gasteiger partial charge in [-0.25, -0.2) is 4.79 Å². The van der Waals surface area contributed by atoms with Crippen LogP contribution in [0.15, 0.2) is 24.0 Å². The fraction of sp³-hybridized carbons (Fsp3) is 0.615. The molecule has 1 N–H and O–H groups in total. The molecule has 0 aromatic carbocycles. The molecule has 0 saturated carbocycles. The van der Waals surface area contributed by atoms with Crippen LogP contribution >= 0.6 is 0 Å². The maximum absolute atomic E-state index is 11.8. The number of hydrogen-bond donors (Lipinski definition) is 1. The molecule has 0 aromatic heterocycles. The molecule has 0 aromatic rings. The number of carbonyl (C=O) groups excluding carboxylic acids is 1. The molecule has 18 heavy (non-hydrogen) atoms. The van der Waals surface area contributed by atoms with Gasteiger partial charge < -0.3 is 14.6 Å². The van der Waals surface area contributed by atoms with Gasteiger partial charge in [-0.05, 0) is 5.54 Å². The fourth-order valence-electron chi connectivity index (χ4n) is 2.84. The highest BCUT2D eigenvalue weighted by Gasteiger charge is 2.48. The molecular weight excluding hydrogens is 248 g/mol. The van der Waals surface area contributed by atoms with Crippen LogP contribution in [0.3, 0.4) is 0 Å². The van der Waals surface area contributed by atoms with Gasteiger partial charge in [-0.2, -0.15) is 0 Å². The summed E-state index contributed by atoms with van der Waals surface area (Å²) < 4.78 is 9.96. The third-order valence-electron chi connectivity index (χ3n) is 3.79. The van der Waals surface area contributed by atoms with Gasteiger partial charge in [0.1, 0.15) is 0 Å². The minimum absolute atomic E-state index is 0.00660. The molecule has 100 valence electrons. The average molecular weight is 268 g/mol. The summed E-state index contributed by atoms with van der Waals surface area (Å²) in [6.07, 6.45) is 4.63. The highest BCUT2D eigenvalue weighted by molar-refractivity contribution is 6.78. The van der Waals surface area contributed by atoms with Crippen molar-refractivity contribution in [3.05, 3.63) is 24.0 Å². The molecule has 0 radical (unpaired) electrons. The van der Waals surface area contributed by atoms with Gasteiger partial charge in [0, 0.05) is 11.8 Å². The Morgan fingerprint density at radius 2 is 2.06 bits per heavy atom. The second kappa shape index (κ2) is 4.55. The van der Waals surface area contributed by atoms with Crippen molar-refractivity contribution in [2.45, 2.75) is 31.5 Å². The van der Waals surface area contributed by atoms with E-state index in [0.29, 0.717) is 11.1 Å². The van der Waals surface area contributed by atoms with Crippen LogP contribution < -0.4 is 0 Å². The van der Waals surface area contributed by atoms with Crippen LogP contribution in [0.4, 0.5) is 0 Å². The van der Waals surface area contributed by atoms with Crippen molar-refractivity contribution in [1.82, 2.24) is 0 Å². The van der Waals surface area contributed by atoms with Crippen LogP contribution in [0.2, 0.25) is 25.2 Å². The molecule has 0 amide bonds. The number of esters is 1. The van der Waals surface area contributed by atoms with Crippen LogP contribution in [-0.4, -0.2) is 32.5 Å². The summed E-state index contributed by atoms with van der Waals surface area (Å²) in [6.45, 7) is 6.80. The van der Waals surface area contributed by atoms with Crippen molar-refractivity contribution in [2.24, 2.45) is 11.8 Å². The quantitative estimate of drug-likeness (QED) is 0.472. The molecule has 2 rings (SSSR count). The fourth-order valence-corrected chi connectivity index (χ4v) is 5.01. The number of aliphatic hydroxyl groups excluding tert-OH is 1. The Bertz CT molecular complexity index is 408. The molecule has 1 heterocycles. The number of aliphatic hydroxyl groups is 1. The van der Waals surface area contributed by atoms with Crippen LogP contribution in [0.5, 0.6) is 0 Å². The highest BCUT2D eigenvalue weighted by Crippen LogP contribution is 2.49. The van der Waals surface area contributed by atoms with Gasteiger partial charge in [-0.3, -0.25) is 0 Å². The summed E-state index contributed by atoms with van der Waals surface area (Å²) in [4.78, 5) is 11.8. The van der Waals surface area contributed by atoms with Crippen molar-refractivity contribution in [3.63, 3.8) is 0 Å².